The summed E-state index contributed by atoms with van der Waals surface area (Å²) in [6.45, 7) is 5.64. The highest BCUT2D eigenvalue weighted by Gasteiger charge is 2.44. The van der Waals surface area contributed by atoms with Gasteiger partial charge in [0.15, 0.2) is 0 Å². The summed E-state index contributed by atoms with van der Waals surface area (Å²) in [5.41, 5.74) is 2.99. The number of sulfonamides is 1. The van der Waals surface area contributed by atoms with Crippen LogP contribution in [0, 0.1) is 17.8 Å². The number of hydrogen-bond acceptors (Lipinski definition) is 7. The average Bonchev–Trinajstić information content (AvgIpc) is 3.11. The summed E-state index contributed by atoms with van der Waals surface area (Å²) in [5.74, 6) is 1.16. The summed E-state index contributed by atoms with van der Waals surface area (Å²) < 4.78 is 35.7. The molecule has 1 amide bonds. The molecule has 0 unspecified atom stereocenters. The first-order chi connectivity index (χ1) is 20.9. The van der Waals surface area contributed by atoms with E-state index >= 15 is 0 Å². The third-order valence-electron chi connectivity index (χ3n) is 11.2. The van der Waals surface area contributed by atoms with Gasteiger partial charge in [-0.05, 0) is 132 Å². The molecule has 2 heterocycles. The van der Waals surface area contributed by atoms with Crippen LogP contribution < -0.4 is 14.4 Å². The number of phenols is 1. The van der Waals surface area contributed by atoms with Gasteiger partial charge in [-0.25, -0.2) is 13.1 Å². The quantitative estimate of drug-likeness (QED) is 0.409. The first-order valence-electron chi connectivity index (χ1n) is 16.1. The first-order valence-corrected chi connectivity index (χ1v) is 18.1. The minimum absolute atomic E-state index is 0.0830. The van der Waals surface area contributed by atoms with Crippen LogP contribution in [0.15, 0.2) is 30.3 Å². The van der Waals surface area contributed by atoms with Crippen molar-refractivity contribution in [2.75, 3.05) is 38.7 Å². The van der Waals surface area contributed by atoms with Crippen molar-refractivity contribution in [3.8, 4) is 11.5 Å². The minimum atomic E-state index is -3.90. The zero-order valence-electron chi connectivity index (χ0n) is 26.3. The molecule has 1 spiro atoms. The van der Waals surface area contributed by atoms with Crippen LogP contribution >= 0.6 is 11.6 Å². The van der Waals surface area contributed by atoms with Gasteiger partial charge in [0.1, 0.15) is 11.5 Å². The van der Waals surface area contributed by atoms with Crippen molar-refractivity contribution in [2.45, 2.75) is 81.9 Å². The van der Waals surface area contributed by atoms with Gasteiger partial charge in [-0.2, -0.15) is 0 Å². The molecule has 2 aromatic rings. The summed E-state index contributed by atoms with van der Waals surface area (Å²) >= 11 is 6.34. The van der Waals surface area contributed by atoms with Crippen molar-refractivity contribution in [3.63, 3.8) is 0 Å². The van der Waals surface area contributed by atoms with Crippen molar-refractivity contribution < 1.29 is 23.1 Å². The van der Waals surface area contributed by atoms with Crippen LogP contribution in [0.3, 0.4) is 0 Å². The molecule has 44 heavy (non-hydrogen) atoms. The van der Waals surface area contributed by atoms with E-state index in [0.717, 1.165) is 68.3 Å². The summed E-state index contributed by atoms with van der Waals surface area (Å²) in [6, 6.07) is 9.25. The summed E-state index contributed by atoms with van der Waals surface area (Å²) in [5, 5.41) is 10.3. The van der Waals surface area contributed by atoms with Crippen molar-refractivity contribution in [1.29, 1.82) is 0 Å². The third-order valence-corrected chi connectivity index (χ3v) is 13.4. The standard InChI is InChI=1S/C34H46ClN3O5S/c1-21-14-27(37(3)4)11-9-23-7-8-26(23)18-38-19-34(13-5-6-24-15-29(35)31(39)17-28(24)34)20-43-32-12-10-25(16-30(32)38)33(40)36-44(41,42)22(21)2/h10,12,15-17,21-23,26-27,39H,5-9,11,13-14,18-20H2,1-4H3,(H,36,40)/t21-,22+,23+,26-,27+,34-/m0/s1. The number of ether oxygens (including phenoxy) is 1. The Morgan fingerprint density at radius 1 is 1.09 bits per heavy atom. The van der Waals surface area contributed by atoms with Crippen molar-refractivity contribution in [1.82, 2.24) is 9.62 Å². The minimum Gasteiger partial charge on any atom is -0.506 e. The highest BCUT2D eigenvalue weighted by atomic mass is 35.5. The van der Waals surface area contributed by atoms with Gasteiger partial charge in [-0.3, -0.25) is 4.79 Å². The summed E-state index contributed by atoms with van der Waals surface area (Å²) in [7, 11) is 0.256. The fourth-order valence-electron chi connectivity index (χ4n) is 8.01. The molecule has 2 N–H and O–H groups in total. The highest BCUT2D eigenvalue weighted by molar-refractivity contribution is 7.90. The van der Waals surface area contributed by atoms with Crippen LogP contribution in [-0.2, 0) is 21.9 Å². The maximum absolute atomic E-state index is 13.5. The molecule has 2 aromatic carbocycles. The monoisotopic (exact) mass is 643 g/mol. The maximum Gasteiger partial charge on any atom is 0.264 e. The second-order valence-corrected chi connectivity index (χ2v) is 16.6. The number of carbonyl (C=O) groups is 1. The van der Waals surface area contributed by atoms with Crippen LogP contribution in [0.2, 0.25) is 5.02 Å². The fourth-order valence-corrected chi connectivity index (χ4v) is 9.49. The smallest absolute Gasteiger partial charge is 0.264 e. The lowest BCUT2D eigenvalue weighted by Gasteiger charge is -2.45. The molecule has 0 aromatic heterocycles. The number of fused-ring (bicyclic) bond motifs is 4. The van der Waals surface area contributed by atoms with E-state index < -0.39 is 21.2 Å². The average molecular weight is 644 g/mol. The molecule has 2 aliphatic carbocycles. The lowest BCUT2D eigenvalue weighted by Crippen LogP contribution is -2.48. The molecule has 2 aliphatic heterocycles. The van der Waals surface area contributed by atoms with Crippen LogP contribution in [0.25, 0.3) is 0 Å². The highest BCUT2D eigenvalue weighted by Crippen LogP contribution is 2.48. The molecule has 2 bridgehead atoms. The first kappa shape index (κ1) is 31.5. The van der Waals surface area contributed by atoms with Gasteiger partial charge < -0.3 is 19.6 Å². The predicted octanol–water partition coefficient (Wildman–Crippen LogP) is 5.74. The fraction of sp³-hybridized carbons (Fsp3) is 0.618. The number of benzene rings is 2. The van der Waals surface area contributed by atoms with E-state index in [1.54, 1.807) is 25.1 Å². The van der Waals surface area contributed by atoms with Crippen molar-refractivity contribution in [3.05, 3.63) is 52.0 Å². The molecular formula is C34H46ClN3O5S. The van der Waals surface area contributed by atoms with Crippen molar-refractivity contribution in [2.24, 2.45) is 17.8 Å². The van der Waals surface area contributed by atoms with Crippen LogP contribution in [-0.4, -0.2) is 69.4 Å². The SMILES string of the molecule is C[C@@H]1[C@@H](C)C[C@H](N(C)C)CC[C@H]2CC[C@H]2CN2C[C@@]3(CCCc4cc(Cl)c(O)cc43)COc3ccc(cc32)C(=O)NS1(=O)=O. The zero-order chi connectivity index (χ0) is 31.4. The second-order valence-electron chi connectivity index (χ2n) is 14.1. The molecule has 6 rings (SSSR count). The number of amides is 1. The van der Waals surface area contributed by atoms with Gasteiger partial charge in [0.2, 0.25) is 10.0 Å². The normalized spacial score (nSPS) is 32.1. The Balaban J connectivity index is 1.41. The van der Waals surface area contributed by atoms with Crippen LogP contribution in [0.5, 0.6) is 11.5 Å². The molecule has 1 saturated carbocycles. The molecule has 240 valence electrons. The maximum atomic E-state index is 13.5. The van der Waals surface area contributed by atoms with Gasteiger partial charge in [-0.15, -0.1) is 0 Å². The van der Waals surface area contributed by atoms with Gasteiger partial charge in [-0.1, -0.05) is 18.5 Å². The Morgan fingerprint density at radius 3 is 2.57 bits per heavy atom. The van der Waals surface area contributed by atoms with E-state index in [1.807, 2.05) is 19.1 Å². The number of aromatic hydroxyl groups is 1. The number of nitrogens with one attached hydrogen (secondary N) is 1. The number of aryl methyl sites for hydroxylation is 1. The predicted molar refractivity (Wildman–Crippen MR) is 174 cm³/mol. The molecule has 10 heteroatoms. The third kappa shape index (κ3) is 5.92. The molecule has 8 nitrogen and oxygen atoms in total. The van der Waals surface area contributed by atoms with Crippen LogP contribution in [0.1, 0.15) is 80.3 Å². The van der Waals surface area contributed by atoms with E-state index in [4.69, 9.17) is 16.3 Å². The second kappa shape index (κ2) is 12.0. The summed E-state index contributed by atoms with van der Waals surface area (Å²) in [4.78, 5) is 18.1. The topological polar surface area (TPSA) is 99.2 Å². The van der Waals surface area contributed by atoms with E-state index in [2.05, 4.69) is 28.6 Å². The molecule has 0 radical (unpaired) electrons. The number of carbonyl (C=O) groups excluding carboxylic acids is 1. The summed E-state index contributed by atoms with van der Waals surface area (Å²) in [6.07, 6.45) is 8.03. The number of halogens is 1. The number of nitrogens with zero attached hydrogens (tertiary/aromatic N) is 2. The Labute approximate surface area is 267 Å². The largest absolute Gasteiger partial charge is 0.506 e. The van der Waals surface area contributed by atoms with E-state index in [-0.39, 0.29) is 23.1 Å². The Bertz CT molecular complexity index is 1530. The van der Waals surface area contributed by atoms with Gasteiger partial charge in [0.25, 0.3) is 5.91 Å². The molecule has 1 fully saturated rings. The number of hydrogen-bond donors (Lipinski definition) is 2. The van der Waals surface area contributed by atoms with Gasteiger partial charge >= 0.3 is 0 Å². The number of anilines is 1. The van der Waals surface area contributed by atoms with Gasteiger partial charge in [0, 0.05) is 30.1 Å². The van der Waals surface area contributed by atoms with E-state index in [1.165, 1.54) is 6.42 Å². The Hall–Kier alpha value is -2.49. The van der Waals surface area contributed by atoms with Crippen molar-refractivity contribution >= 4 is 33.2 Å². The molecule has 0 saturated heterocycles. The lowest BCUT2D eigenvalue weighted by atomic mass is 9.68. The molecular weight excluding hydrogens is 598 g/mol. The number of phenolic OH excluding ortho intramolecular Hbond substituents is 1. The van der Waals surface area contributed by atoms with Crippen LogP contribution in [0.4, 0.5) is 5.69 Å². The molecule has 6 atom stereocenters. The Morgan fingerprint density at radius 2 is 1.84 bits per heavy atom. The van der Waals surface area contributed by atoms with E-state index in [0.29, 0.717) is 41.3 Å². The van der Waals surface area contributed by atoms with Gasteiger partial charge in [0.05, 0.1) is 22.6 Å². The van der Waals surface area contributed by atoms with E-state index in [9.17, 15) is 18.3 Å². The zero-order valence-corrected chi connectivity index (χ0v) is 27.9. The molecule has 4 aliphatic rings. The Kier molecular flexibility index (Phi) is 8.61. The number of rotatable bonds is 1. The lowest BCUT2D eigenvalue weighted by molar-refractivity contribution is 0.0980.